The number of alkyl halides is 3. The fraction of sp³-hybridized carbons (Fsp3) is 0.533. The van der Waals surface area contributed by atoms with Crippen LogP contribution in [-0.4, -0.2) is 43.2 Å². The molecule has 10 heteroatoms. The van der Waals surface area contributed by atoms with Gasteiger partial charge in [-0.1, -0.05) is 0 Å². The summed E-state index contributed by atoms with van der Waals surface area (Å²) in [4.78, 5) is 23.7. The Balaban J connectivity index is 1.81. The van der Waals surface area contributed by atoms with E-state index in [2.05, 4.69) is 5.32 Å². The maximum atomic E-state index is 13.4. The van der Waals surface area contributed by atoms with Crippen LogP contribution in [0.1, 0.15) is 12.0 Å². The fourth-order valence-electron chi connectivity index (χ4n) is 2.82. The lowest BCUT2D eigenvalue weighted by Crippen LogP contribution is -2.36. The molecule has 1 heterocycles. The number of hydrogen-bond acceptors (Lipinski definition) is 5. The molecule has 0 spiro atoms. The Morgan fingerprint density at radius 2 is 2.00 bits per heavy atom. The Bertz CT molecular complexity index is 689. The van der Waals surface area contributed by atoms with Gasteiger partial charge in [-0.05, 0) is 18.2 Å². The molecule has 2 unspecified atom stereocenters. The van der Waals surface area contributed by atoms with Gasteiger partial charge in [-0.2, -0.15) is 13.2 Å². The van der Waals surface area contributed by atoms with Crippen molar-refractivity contribution < 1.29 is 27.6 Å². The number of amides is 1. The zero-order valence-electron chi connectivity index (χ0n) is 13.1. The van der Waals surface area contributed by atoms with Crippen molar-refractivity contribution in [3.8, 4) is 0 Å². The highest BCUT2D eigenvalue weighted by atomic mass is 19.4. The van der Waals surface area contributed by atoms with Crippen molar-refractivity contribution in [2.45, 2.75) is 18.6 Å². The van der Waals surface area contributed by atoms with Crippen LogP contribution in [0.4, 0.5) is 24.5 Å². The van der Waals surface area contributed by atoms with Crippen LogP contribution in [0.2, 0.25) is 0 Å². The third-order valence-electron chi connectivity index (χ3n) is 4.31. The van der Waals surface area contributed by atoms with Crippen molar-refractivity contribution in [1.82, 2.24) is 0 Å². The van der Waals surface area contributed by atoms with Gasteiger partial charge in [0, 0.05) is 30.1 Å². The molecule has 136 valence electrons. The number of carbonyl (C=O) groups is 1. The van der Waals surface area contributed by atoms with Crippen LogP contribution < -0.4 is 10.2 Å². The maximum absolute atomic E-state index is 13.4. The molecule has 3 rings (SSSR count). The van der Waals surface area contributed by atoms with Gasteiger partial charge in [-0.25, -0.2) is 0 Å². The molecule has 1 aliphatic carbocycles. The summed E-state index contributed by atoms with van der Waals surface area (Å²) in [7, 11) is 0. The second kappa shape index (κ2) is 6.51. The predicted octanol–water partition coefficient (Wildman–Crippen LogP) is 2.15. The molecular weight excluding hydrogens is 343 g/mol. The molecule has 1 aromatic rings. The zero-order chi connectivity index (χ0) is 18.2. The lowest BCUT2D eigenvalue weighted by atomic mass is 10.1. The van der Waals surface area contributed by atoms with Crippen LogP contribution in [0.25, 0.3) is 0 Å². The Hall–Kier alpha value is -2.36. The Labute approximate surface area is 140 Å². The molecule has 1 aromatic carbocycles. The van der Waals surface area contributed by atoms with Crippen molar-refractivity contribution in [1.29, 1.82) is 0 Å². The average molecular weight is 359 g/mol. The number of hydrogen-bond donors (Lipinski definition) is 1. The topological polar surface area (TPSA) is 84.7 Å². The van der Waals surface area contributed by atoms with E-state index in [-0.39, 0.29) is 12.1 Å². The number of carbonyl (C=O) groups excluding carboxylic acids is 1. The molecule has 7 nitrogen and oxygen atoms in total. The molecule has 1 aliphatic heterocycles. The molecule has 0 radical (unpaired) electrons. The number of anilines is 2. The molecular formula is C15H16F3N3O4. The number of nitrogens with one attached hydrogen (secondary N) is 1. The van der Waals surface area contributed by atoms with Crippen molar-refractivity contribution in [2.24, 2.45) is 5.92 Å². The lowest BCUT2D eigenvalue weighted by molar-refractivity contribution is -0.497. The first kappa shape index (κ1) is 17.5. The van der Waals surface area contributed by atoms with Gasteiger partial charge in [0.25, 0.3) is 0 Å². The summed E-state index contributed by atoms with van der Waals surface area (Å²) in [6.45, 7) is 1.83. The molecule has 2 aliphatic rings. The molecule has 2 fully saturated rings. The van der Waals surface area contributed by atoms with Gasteiger partial charge < -0.3 is 15.0 Å². The summed E-state index contributed by atoms with van der Waals surface area (Å²) in [6, 6.07) is 2.66. The summed E-state index contributed by atoms with van der Waals surface area (Å²) in [5, 5.41) is 12.8. The van der Waals surface area contributed by atoms with Crippen LogP contribution in [0.5, 0.6) is 0 Å². The standard InChI is InChI=1S/C15H16F3N3O4/c16-15(17,18)11-7-9(20-3-5-25-6-4-20)1-2-12(11)19-14(22)10-8-13(10)21(23)24/h1-2,7,10,13H,3-6,8H2,(H,19,22). The highest BCUT2D eigenvalue weighted by Crippen LogP contribution is 2.39. The zero-order valence-corrected chi connectivity index (χ0v) is 13.1. The minimum absolute atomic E-state index is 0.0477. The van der Waals surface area contributed by atoms with Gasteiger partial charge in [-0.15, -0.1) is 0 Å². The number of nitro groups is 1. The first-order valence-corrected chi connectivity index (χ1v) is 7.75. The number of rotatable bonds is 4. The third-order valence-corrected chi connectivity index (χ3v) is 4.31. The highest BCUT2D eigenvalue weighted by molar-refractivity contribution is 5.95. The lowest BCUT2D eigenvalue weighted by Gasteiger charge is -2.29. The number of ether oxygens (including phenoxy) is 1. The average Bonchev–Trinajstić information content (AvgIpc) is 3.36. The Morgan fingerprint density at radius 3 is 2.56 bits per heavy atom. The van der Waals surface area contributed by atoms with E-state index >= 15 is 0 Å². The van der Waals surface area contributed by atoms with E-state index in [0.29, 0.717) is 32.0 Å². The van der Waals surface area contributed by atoms with E-state index in [0.717, 1.165) is 6.07 Å². The van der Waals surface area contributed by atoms with Gasteiger partial charge in [0.1, 0.15) is 5.92 Å². The van der Waals surface area contributed by atoms with Crippen LogP contribution in [-0.2, 0) is 15.7 Å². The molecule has 25 heavy (non-hydrogen) atoms. The normalized spacial score (nSPS) is 23.2. The van der Waals surface area contributed by atoms with E-state index in [4.69, 9.17) is 4.74 Å². The number of benzene rings is 1. The summed E-state index contributed by atoms with van der Waals surface area (Å²) in [5.74, 6) is -1.64. The minimum Gasteiger partial charge on any atom is -0.378 e. The van der Waals surface area contributed by atoms with Crippen molar-refractivity contribution in [3.63, 3.8) is 0 Å². The van der Waals surface area contributed by atoms with E-state index in [9.17, 15) is 28.1 Å². The van der Waals surface area contributed by atoms with Gasteiger partial charge in [0.05, 0.1) is 24.5 Å². The summed E-state index contributed by atoms with van der Waals surface area (Å²) < 4.78 is 45.3. The second-order valence-electron chi connectivity index (χ2n) is 6.01. The van der Waals surface area contributed by atoms with Crippen LogP contribution in [0.15, 0.2) is 18.2 Å². The molecule has 1 N–H and O–H groups in total. The fourth-order valence-corrected chi connectivity index (χ4v) is 2.82. The second-order valence-corrected chi connectivity index (χ2v) is 6.01. The molecule has 1 saturated heterocycles. The van der Waals surface area contributed by atoms with Gasteiger partial charge >= 0.3 is 6.18 Å². The molecule has 0 aromatic heterocycles. The van der Waals surface area contributed by atoms with Crippen molar-refractivity contribution in [3.05, 3.63) is 33.9 Å². The SMILES string of the molecule is O=C(Nc1ccc(N2CCOCC2)cc1C(F)(F)F)C1CC1[N+](=O)[O-]. The number of nitrogens with zero attached hydrogens (tertiary/aromatic N) is 2. The summed E-state index contributed by atoms with van der Waals surface area (Å²) >= 11 is 0. The van der Waals surface area contributed by atoms with Crippen LogP contribution in [0, 0.1) is 16.0 Å². The van der Waals surface area contributed by atoms with Crippen molar-refractivity contribution in [2.75, 3.05) is 36.5 Å². The smallest absolute Gasteiger partial charge is 0.378 e. The number of morpholine rings is 1. The van der Waals surface area contributed by atoms with E-state index in [1.54, 1.807) is 4.90 Å². The minimum atomic E-state index is -4.66. The van der Waals surface area contributed by atoms with E-state index in [1.807, 2.05) is 0 Å². The van der Waals surface area contributed by atoms with Crippen LogP contribution >= 0.6 is 0 Å². The monoisotopic (exact) mass is 359 g/mol. The van der Waals surface area contributed by atoms with Gasteiger partial charge in [0.15, 0.2) is 0 Å². The first-order chi connectivity index (χ1) is 11.8. The summed E-state index contributed by atoms with van der Waals surface area (Å²) in [5.41, 5.74) is -0.963. The molecule has 1 saturated carbocycles. The van der Waals surface area contributed by atoms with Gasteiger partial charge in [-0.3, -0.25) is 14.9 Å². The molecule has 2 atom stereocenters. The largest absolute Gasteiger partial charge is 0.418 e. The quantitative estimate of drug-likeness (QED) is 0.658. The van der Waals surface area contributed by atoms with Crippen LogP contribution in [0.3, 0.4) is 0 Å². The summed E-state index contributed by atoms with van der Waals surface area (Å²) in [6.07, 6.45) is -4.61. The predicted molar refractivity (Wildman–Crippen MR) is 82.0 cm³/mol. The number of halogens is 3. The Kier molecular flexibility index (Phi) is 4.55. The first-order valence-electron chi connectivity index (χ1n) is 7.75. The highest BCUT2D eigenvalue weighted by Gasteiger charge is 2.53. The third kappa shape index (κ3) is 3.84. The van der Waals surface area contributed by atoms with E-state index in [1.165, 1.54) is 12.1 Å². The Morgan fingerprint density at radius 1 is 1.32 bits per heavy atom. The van der Waals surface area contributed by atoms with E-state index < -0.39 is 34.5 Å². The molecule has 1 amide bonds. The van der Waals surface area contributed by atoms with Crippen molar-refractivity contribution >= 4 is 17.3 Å². The molecule has 0 bridgehead atoms. The maximum Gasteiger partial charge on any atom is 0.418 e. The van der Waals surface area contributed by atoms with Gasteiger partial charge in [0.2, 0.25) is 11.9 Å².